The van der Waals surface area contributed by atoms with Gasteiger partial charge in [-0.2, -0.15) is 5.10 Å². The first-order valence-corrected chi connectivity index (χ1v) is 6.90. The fourth-order valence-corrected chi connectivity index (χ4v) is 2.57. The maximum absolute atomic E-state index is 5.61. The number of ether oxygens (including phenoxy) is 1. The third-order valence-electron chi connectivity index (χ3n) is 3.80. The van der Waals surface area contributed by atoms with Crippen molar-refractivity contribution < 1.29 is 4.74 Å². The minimum absolute atomic E-state index is 0.0767. The highest BCUT2D eigenvalue weighted by Crippen LogP contribution is 2.40. The van der Waals surface area contributed by atoms with Gasteiger partial charge in [0.25, 0.3) is 0 Å². The molecule has 2 fully saturated rings. The fraction of sp³-hybridized carbons (Fsp3) is 0.500. The second-order valence-corrected chi connectivity index (χ2v) is 5.29. The average molecular weight is 256 g/mol. The van der Waals surface area contributed by atoms with Gasteiger partial charge in [0, 0.05) is 12.8 Å². The highest BCUT2D eigenvalue weighted by molar-refractivity contribution is 5.50. The summed E-state index contributed by atoms with van der Waals surface area (Å²) >= 11 is 0. The second-order valence-electron chi connectivity index (χ2n) is 5.29. The molecule has 1 aliphatic carbocycles. The molecule has 5 heteroatoms. The Morgan fingerprint density at radius 1 is 1.26 bits per heavy atom. The summed E-state index contributed by atoms with van der Waals surface area (Å²) in [5.74, 6) is 2.22. The smallest absolute Gasteiger partial charge is 0.199 e. The molecule has 1 saturated carbocycles. The molecule has 0 spiro atoms. The van der Waals surface area contributed by atoms with E-state index in [1.807, 2.05) is 6.20 Å². The third-order valence-corrected chi connectivity index (χ3v) is 3.80. The van der Waals surface area contributed by atoms with Crippen molar-refractivity contribution in [3.63, 3.8) is 0 Å². The molecule has 2 aromatic rings. The third kappa shape index (κ3) is 2.14. The number of nitrogens with one attached hydrogen (secondary N) is 1. The molecule has 0 bridgehead atoms. The quantitative estimate of drug-likeness (QED) is 0.916. The van der Waals surface area contributed by atoms with E-state index in [0.717, 1.165) is 36.9 Å². The van der Waals surface area contributed by atoms with Gasteiger partial charge in [0.2, 0.25) is 0 Å². The van der Waals surface area contributed by atoms with Crippen molar-refractivity contribution in [2.45, 2.75) is 37.7 Å². The molecule has 1 N–H and O–H groups in total. The van der Waals surface area contributed by atoms with E-state index in [9.17, 15) is 0 Å². The van der Waals surface area contributed by atoms with Gasteiger partial charge in [-0.15, -0.1) is 0 Å². The summed E-state index contributed by atoms with van der Waals surface area (Å²) in [7, 11) is 0. The SMILES string of the molecule is c1cc(C2CC2)cc(-c2n[nH]c([C@H]3CCCO3)n2)n1. The first-order chi connectivity index (χ1) is 9.40. The normalized spacial score (nSPS) is 22.8. The minimum atomic E-state index is 0.0767. The minimum Gasteiger partial charge on any atom is -0.370 e. The monoisotopic (exact) mass is 256 g/mol. The van der Waals surface area contributed by atoms with E-state index in [-0.39, 0.29) is 6.10 Å². The lowest BCUT2D eigenvalue weighted by Gasteiger charge is -2.03. The molecule has 5 nitrogen and oxygen atoms in total. The predicted octanol–water partition coefficient (Wildman–Crippen LogP) is 2.60. The molecule has 0 aromatic carbocycles. The Morgan fingerprint density at radius 3 is 3.00 bits per heavy atom. The molecule has 1 atom stereocenters. The molecule has 0 radical (unpaired) electrons. The van der Waals surface area contributed by atoms with Gasteiger partial charge in [0.1, 0.15) is 11.8 Å². The van der Waals surface area contributed by atoms with Gasteiger partial charge in [-0.05, 0) is 49.3 Å². The fourth-order valence-electron chi connectivity index (χ4n) is 2.57. The van der Waals surface area contributed by atoms with E-state index < -0.39 is 0 Å². The molecule has 1 saturated heterocycles. The number of H-pyrrole nitrogens is 1. The number of pyridine rings is 1. The summed E-state index contributed by atoms with van der Waals surface area (Å²) in [6.45, 7) is 0.816. The van der Waals surface area contributed by atoms with Crippen molar-refractivity contribution in [3.8, 4) is 11.5 Å². The van der Waals surface area contributed by atoms with Crippen molar-refractivity contribution in [2.75, 3.05) is 6.61 Å². The van der Waals surface area contributed by atoms with E-state index in [1.54, 1.807) is 0 Å². The summed E-state index contributed by atoms with van der Waals surface area (Å²) < 4.78 is 5.61. The van der Waals surface area contributed by atoms with Crippen LogP contribution in [0, 0.1) is 0 Å². The van der Waals surface area contributed by atoms with Gasteiger partial charge in [-0.3, -0.25) is 10.1 Å². The summed E-state index contributed by atoms with van der Waals surface area (Å²) in [4.78, 5) is 8.90. The molecular formula is C14H16N4O. The molecule has 19 heavy (non-hydrogen) atoms. The van der Waals surface area contributed by atoms with E-state index >= 15 is 0 Å². The highest BCUT2D eigenvalue weighted by atomic mass is 16.5. The lowest BCUT2D eigenvalue weighted by Crippen LogP contribution is -1.98. The highest BCUT2D eigenvalue weighted by Gasteiger charge is 2.25. The molecule has 0 unspecified atom stereocenters. The largest absolute Gasteiger partial charge is 0.370 e. The molecule has 1 aliphatic heterocycles. The Balaban J connectivity index is 1.62. The first kappa shape index (κ1) is 11.1. The zero-order valence-corrected chi connectivity index (χ0v) is 10.7. The standard InChI is InChI=1S/C14H16N4O/c1-2-12(19-7-1)14-16-13(17-18-14)11-8-10(5-6-15-11)9-3-4-9/h5-6,8-9,12H,1-4,7H2,(H,16,17,18)/t12-/m1/s1. The number of rotatable bonds is 3. The van der Waals surface area contributed by atoms with Crippen LogP contribution in [0.15, 0.2) is 18.3 Å². The number of hydrogen-bond donors (Lipinski definition) is 1. The van der Waals surface area contributed by atoms with Crippen LogP contribution in [0.4, 0.5) is 0 Å². The molecule has 2 aromatic heterocycles. The van der Waals surface area contributed by atoms with Crippen molar-refractivity contribution in [1.29, 1.82) is 0 Å². The van der Waals surface area contributed by atoms with E-state index in [1.165, 1.54) is 18.4 Å². The van der Waals surface area contributed by atoms with Crippen LogP contribution in [0.2, 0.25) is 0 Å². The van der Waals surface area contributed by atoms with Crippen LogP contribution in [0.1, 0.15) is 49.1 Å². The van der Waals surface area contributed by atoms with Gasteiger partial charge in [-0.1, -0.05) is 0 Å². The zero-order chi connectivity index (χ0) is 12.7. The zero-order valence-electron chi connectivity index (χ0n) is 10.7. The van der Waals surface area contributed by atoms with Crippen LogP contribution in [0.5, 0.6) is 0 Å². The van der Waals surface area contributed by atoms with E-state index in [0.29, 0.717) is 5.82 Å². The van der Waals surface area contributed by atoms with Crippen LogP contribution in [0.25, 0.3) is 11.5 Å². The summed E-state index contributed by atoms with van der Waals surface area (Å²) in [5, 5.41) is 7.26. The lowest BCUT2D eigenvalue weighted by atomic mass is 10.1. The number of aromatic amines is 1. The summed E-state index contributed by atoms with van der Waals surface area (Å²) in [6, 6.07) is 4.20. The molecule has 4 rings (SSSR count). The molecular weight excluding hydrogens is 240 g/mol. The van der Waals surface area contributed by atoms with Crippen LogP contribution >= 0.6 is 0 Å². The second kappa shape index (κ2) is 4.42. The van der Waals surface area contributed by atoms with Crippen molar-refractivity contribution in [1.82, 2.24) is 20.2 Å². The maximum atomic E-state index is 5.61. The Kier molecular flexibility index (Phi) is 2.58. The molecule has 3 heterocycles. The first-order valence-electron chi connectivity index (χ1n) is 6.90. The summed E-state index contributed by atoms with van der Waals surface area (Å²) in [6.07, 6.45) is 6.62. The van der Waals surface area contributed by atoms with Crippen LogP contribution in [-0.2, 0) is 4.74 Å². The Morgan fingerprint density at radius 2 is 2.21 bits per heavy atom. The summed E-state index contributed by atoms with van der Waals surface area (Å²) in [5.41, 5.74) is 2.21. The van der Waals surface area contributed by atoms with Crippen LogP contribution in [0.3, 0.4) is 0 Å². The van der Waals surface area contributed by atoms with E-state index in [2.05, 4.69) is 32.3 Å². The van der Waals surface area contributed by atoms with E-state index in [4.69, 9.17) is 4.74 Å². The Labute approximate surface area is 111 Å². The van der Waals surface area contributed by atoms with Gasteiger partial charge in [-0.25, -0.2) is 4.98 Å². The number of aromatic nitrogens is 4. The van der Waals surface area contributed by atoms with Crippen molar-refractivity contribution >= 4 is 0 Å². The number of hydrogen-bond acceptors (Lipinski definition) is 4. The molecule has 0 amide bonds. The van der Waals surface area contributed by atoms with Crippen molar-refractivity contribution in [3.05, 3.63) is 29.7 Å². The maximum Gasteiger partial charge on any atom is 0.199 e. The van der Waals surface area contributed by atoms with Crippen LogP contribution < -0.4 is 0 Å². The van der Waals surface area contributed by atoms with Gasteiger partial charge >= 0.3 is 0 Å². The topological polar surface area (TPSA) is 63.7 Å². The Bertz CT molecular complexity index is 585. The lowest BCUT2D eigenvalue weighted by molar-refractivity contribution is 0.105. The van der Waals surface area contributed by atoms with Gasteiger partial charge in [0.05, 0.1) is 0 Å². The average Bonchev–Trinajstić information content (AvgIpc) is 2.96. The van der Waals surface area contributed by atoms with Gasteiger partial charge in [0.15, 0.2) is 11.6 Å². The molecule has 98 valence electrons. The Hall–Kier alpha value is -1.75. The molecule has 2 aliphatic rings. The predicted molar refractivity (Wildman–Crippen MR) is 69.5 cm³/mol. The van der Waals surface area contributed by atoms with Crippen LogP contribution in [-0.4, -0.2) is 26.8 Å². The van der Waals surface area contributed by atoms with Crippen molar-refractivity contribution in [2.24, 2.45) is 0 Å². The number of nitrogens with zero attached hydrogens (tertiary/aromatic N) is 3. The van der Waals surface area contributed by atoms with Gasteiger partial charge < -0.3 is 4.74 Å².